The minimum Gasteiger partial charge on any atom is -0.345 e. The van der Waals surface area contributed by atoms with Crippen molar-refractivity contribution in [1.82, 2.24) is 9.62 Å². The summed E-state index contributed by atoms with van der Waals surface area (Å²) in [6.45, 7) is 0. The number of nitrogens with one attached hydrogen (secondary N) is 1. The lowest BCUT2D eigenvalue weighted by Gasteiger charge is -2.26. The number of sulfonamides is 1. The fourth-order valence-corrected chi connectivity index (χ4v) is 4.88. The van der Waals surface area contributed by atoms with Gasteiger partial charge in [-0.2, -0.15) is 0 Å². The number of benzene rings is 2. The van der Waals surface area contributed by atoms with Crippen LogP contribution in [0.15, 0.2) is 52.3 Å². The quantitative estimate of drug-likeness (QED) is 0.866. The first-order valence-electron chi connectivity index (χ1n) is 8.05. The van der Waals surface area contributed by atoms with Gasteiger partial charge in [-0.05, 0) is 36.2 Å². The van der Waals surface area contributed by atoms with Crippen molar-refractivity contribution < 1.29 is 17.6 Å². The molecule has 1 atom stereocenters. The molecule has 1 aliphatic rings. The predicted octanol–water partition coefficient (Wildman–Crippen LogP) is 3.04. The van der Waals surface area contributed by atoms with Gasteiger partial charge in [0.15, 0.2) is 0 Å². The van der Waals surface area contributed by atoms with Gasteiger partial charge < -0.3 is 5.32 Å². The highest BCUT2D eigenvalue weighted by Gasteiger charge is 2.25. The zero-order valence-electron chi connectivity index (χ0n) is 14.4. The van der Waals surface area contributed by atoms with E-state index in [0.29, 0.717) is 17.1 Å². The highest BCUT2D eigenvalue weighted by Crippen LogP contribution is 2.37. The Hall–Kier alpha value is -1.90. The van der Waals surface area contributed by atoms with Crippen LogP contribution in [0.1, 0.15) is 28.4 Å². The van der Waals surface area contributed by atoms with Crippen LogP contribution in [-0.2, 0) is 10.0 Å². The fraction of sp³-hybridized carbons (Fsp3) is 0.278. The number of thioether (sulfide) groups is 1. The summed E-state index contributed by atoms with van der Waals surface area (Å²) < 4.78 is 39.6. The molecule has 8 heteroatoms. The van der Waals surface area contributed by atoms with E-state index in [9.17, 15) is 17.6 Å². The van der Waals surface area contributed by atoms with Crippen LogP contribution in [0.3, 0.4) is 0 Å². The van der Waals surface area contributed by atoms with Gasteiger partial charge in [0.05, 0.1) is 10.9 Å². The van der Waals surface area contributed by atoms with E-state index < -0.39 is 10.0 Å². The molecule has 1 amide bonds. The molecular formula is C18H19FN2O3S2. The van der Waals surface area contributed by atoms with Crippen molar-refractivity contribution in [2.24, 2.45) is 0 Å². The molecule has 3 rings (SSSR count). The van der Waals surface area contributed by atoms with Gasteiger partial charge in [0.1, 0.15) is 5.82 Å². The smallest absolute Gasteiger partial charge is 0.251 e. The largest absolute Gasteiger partial charge is 0.345 e. The van der Waals surface area contributed by atoms with Gasteiger partial charge in [-0.15, -0.1) is 11.8 Å². The fourth-order valence-electron chi connectivity index (χ4n) is 2.79. The molecule has 5 nitrogen and oxygen atoms in total. The Kier molecular flexibility index (Phi) is 5.36. The third kappa shape index (κ3) is 3.62. The number of hydrogen-bond donors (Lipinski definition) is 1. The first-order chi connectivity index (χ1) is 12.3. The van der Waals surface area contributed by atoms with Crippen molar-refractivity contribution in [2.45, 2.75) is 22.3 Å². The molecule has 2 aromatic rings. The van der Waals surface area contributed by atoms with Crippen LogP contribution in [0.25, 0.3) is 0 Å². The third-order valence-electron chi connectivity index (χ3n) is 4.21. The summed E-state index contributed by atoms with van der Waals surface area (Å²) in [5.41, 5.74) is 1.01. The van der Waals surface area contributed by atoms with Gasteiger partial charge >= 0.3 is 0 Å². The Bertz CT molecular complexity index is 945. The molecule has 0 fully saturated rings. The van der Waals surface area contributed by atoms with Crippen LogP contribution in [0.5, 0.6) is 0 Å². The normalized spacial score (nSPS) is 17.0. The molecule has 0 unspecified atom stereocenters. The number of fused-ring (bicyclic) bond motifs is 1. The van der Waals surface area contributed by atoms with Crippen molar-refractivity contribution in [3.8, 4) is 0 Å². The van der Waals surface area contributed by atoms with E-state index in [2.05, 4.69) is 5.32 Å². The van der Waals surface area contributed by atoms with Crippen LogP contribution in [0, 0.1) is 5.82 Å². The van der Waals surface area contributed by atoms with E-state index >= 15 is 0 Å². The monoisotopic (exact) mass is 394 g/mol. The van der Waals surface area contributed by atoms with Crippen molar-refractivity contribution in [1.29, 1.82) is 0 Å². The number of halogens is 1. The lowest BCUT2D eigenvalue weighted by atomic mass is 10.0. The lowest BCUT2D eigenvalue weighted by molar-refractivity contribution is 0.0934. The second-order valence-electron chi connectivity index (χ2n) is 6.14. The zero-order chi connectivity index (χ0) is 18.9. The molecule has 1 aliphatic heterocycles. The molecule has 0 aliphatic carbocycles. The molecule has 26 heavy (non-hydrogen) atoms. The number of nitrogens with zero attached hydrogens (tertiary/aromatic N) is 1. The molecule has 0 radical (unpaired) electrons. The van der Waals surface area contributed by atoms with Crippen LogP contribution in [0.4, 0.5) is 4.39 Å². The van der Waals surface area contributed by atoms with Crippen LogP contribution >= 0.6 is 11.8 Å². The van der Waals surface area contributed by atoms with Gasteiger partial charge in [0, 0.05) is 30.3 Å². The van der Waals surface area contributed by atoms with E-state index in [1.165, 1.54) is 50.1 Å². The van der Waals surface area contributed by atoms with E-state index in [1.54, 1.807) is 12.1 Å². The van der Waals surface area contributed by atoms with E-state index in [1.807, 2.05) is 6.07 Å². The zero-order valence-corrected chi connectivity index (χ0v) is 16.0. The molecule has 0 aromatic heterocycles. The SMILES string of the molecule is CN(C)S(=O)(=O)c1cccc(C(=O)N[C@@H]2CCSc3c(F)cccc32)c1. The lowest BCUT2D eigenvalue weighted by Crippen LogP contribution is -2.31. The Morgan fingerprint density at radius 2 is 1.96 bits per heavy atom. The highest BCUT2D eigenvalue weighted by atomic mass is 32.2. The Morgan fingerprint density at radius 3 is 2.69 bits per heavy atom. The molecule has 1 N–H and O–H groups in total. The predicted molar refractivity (Wildman–Crippen MR) is 99.3 cm³/mol. The maximum Gasteiger partial charge on any atom is 0.251 e. The summed E-state index contributed by atoms with van der Waals surface area (Å²) >= 11 is 1.44. The molecule has 0 bridgehead atoms. The van der Waals surface area contributed by atoms with Crippen molar-refractivity contribution >= 4 is 27.7 Å². The molecule has 0 saturated heterocycles. The van der Waals surface area contributed by atoms with E-state index in [0.717, 1.165) is 9.87 Å². The first kappa shape index (κ1) is 18.9. The van der Waals surface area contributed by atoms with Crippen molar-refractivity contribution in [2.75, 3.05) is 19.8 Å². The first-order valence-corrected chi connectivity index (χ1v) is 10.5. The number of carbonyl (C=O) groups is 1. The van der Waals surface area contributed by atoms with E-state index in [4.69, 9.17) is 0 Å². The average molecular weight is 394 g/mol. The highest BCUT2D eigenvalue weighted by molar-refractivity contribution is 7.99. The summed E-state index contributed by atoms with van der Waals surface area (Å²) in [5, 5.41) is 2.90. The Labute approximate surface area is 156 Å². The summed E-state index contributed by atoms with van der Waals surface area (Å²) in [7, 11) is -0.744. The molecule has 138 valence electrons. The third-order valence-corrected chi connectivity index (χ3v) is 7.18. The van der Waals surface area contributed by atoms with Crippen molar-refractivity contribution in [3.05, 3.63) is 59.4 Å². The van der Waals surface area contributed by atoms with E-state index in [-0.39, 0.29) is 28.2 Å². The Morgan fingerprint density at radius 1 is 1.23 bits per heavy atom. The summed E-state index contributed by atoms with van der Waals surface area (Å²) in [4.78, 5) is 13.3. The maximum atomic E-state index is 14.0. The summed E-state index contributed by atoms with van der Waals surface area (Å²) in [6, 6.07) is 10.5. The van der Waals surface area contributed by atoms with Gasteiger partial charge in [0.2, 0.25) is 10.0 Å². The molecule has 0 spiro atoms. The van der Waals surface area contributed by atoms with Gasteiger partial charge in [-0.1, -0.05) is 18.2 Å². The molecule has 2 aromatic carbocycles. The average Bonchev–Trinajstić information content (AvgIpc) is 2.62. The summed E-state index contributed by atoms with van der Waals surface area (Å²) in [5.74, 6) is 0.0342. The van der Waals surface area contributed by atoms with Crippen LogP contribution in [-0.4, -0.2) is 38.5 Å². The molecular weight excluding hydrogens is 375 g/mol. The van der Waals surface area contributed by atoms with Gasteiger partial charge in [-0.25, -0.2) is 17.1 Å². The van der Waals surface area contributed by atoms with Crippen molar-refractivity contribution in [3.63, 3.8) is 0 Å². The van der Waals surface area contributed by atoms with Crippen LogP contribution < -0.4 is 5.32 Å². The van der Waals surface area contributed by atoms with Crippen LogP contribution in [0.2, 0.25) is 0 Å². The standard InChI is InChI=1S/C18H19FN2O3S2/c1-21(2)26(23,24)13-6-3-5-12(11-13)18(22)20-16-9-10-25-17-14(16)7-4-8-15(17)19/h3-8,11,16H,9-10H2,1-2H3,(H,20,22)/t16-/m1/s1. The minimum atomic E-state index is -3.62. The van der Waals surface area contributed by atoms with Gasteiger partial charge in [0.25, 0.3) is 5.91 Å². The second kappa shape index (κ2) is 7.38. The minimum absolute atomic E-state index is 0.0563. The number of rotatable bonds is 4. The van der Waals surface area contributed by atoms with Gasteiger partial charge in [-0.3, -0.25) is 4.79 Å². The number of hydrogen-bond acceptors (Lipinski definition) is 4. The molecule has 0 saturated carbocycles. The summed E-state index contributed by atoms with van der Waals surface area (Å²) in [6.07, 6.45) is 0.683. The Balaban J connectivity index is 1.86. The molecule has 1 heterocycles. The number of carbonyl (C=O) groups excluding carboxylic acids is 1. The maximum absolute atomic E-state index is 14.0. The second-order valence-corrected chi connectivity index (χ2v) is 9.39. The topological polar surface area (TPSA) is 66.5 Å². The number of amides is 1.